The molecular formula is C16H22N2O5. The Kier molecular flexibility index (Phi) is 6.37. The number of aliphatic hydroxyl groups is 1. The standard InChI is InChI=1S/C16H22N2O5/c1-22-14-4-2-13(3-5-14)18-11-12(10-15(18)20)16(21)17-6-8-23-9-7-19/h2-5,12,19H,6-11H2,1H3,(H,17,21). The molecule has 7 heteroatoms. The maximum absolute atomic E-state index is 12.1. The van der Waals surface area contributed by atoms with Gasteiger partial charge in [-0.05, 0) is 24.3 Å². The van der Waals surface area contributed by atoms with Crippen LogP contribution in [0.5, 0.6) is 5.75 Å². The fraction of sp³-hybridized carbons (Fsp3) is 0.500. The van der Waals surface area contributed by atoms with Gasteiger partial charge in [-0.3, -0.25) is 9.59 Å². The maximum atomic E-state index is 12.1. The van der Waals surface area contributed by atoms with Crippen LogP contribution in [0.4, 0.5) is 5.69 Å². The molecule has 1 aromatic carbocycles. The molecule has 1 saturated heterocycles. The Morgan fingerprint density at radius 2 is 2.09 bits per heavy atom. The van der Waals surface area contributed by atoms with E-state index in [9.17, 15) is 9.59 Å². The van der Waals surface area contributed by atoms with Gasteiger partial charge in [0.05, 0.1) is 32.8 Å². The van der Waals surface area contributed by atoms with Crippen molar-refractivity contribution in [3.05, 3.63) is 24.3 Å². The van der Waals surface area contributed by atoms with Crippen LogP contribution in [-0.2, 0) is 14.3 Å². The minimum absolute atomic E-state index is 0.0398. The van der Waals surface area contributed by atoms with Crippen molar-refractivity contribution in [3.63, 3.8) is 0 Å². The number of rotatable bonds is 8. The van der Waals surface area contributed by atoms with Crippen molar-refractivity contribution in [3.8, 4) is 5.75 Å². The second kappa shape index (κ2) is 8.50. The molecule has 1 atom stereocenters. The predicted molar refractivity (Wildman–Crippen MR) is 84.4 cm³/mol. The van der Waals surface area contributed by atoms with Gasteiger partial charge >= 0.3 is 0 Å². The first kappa shape index (κ1) is 17.2. The van der Waals surface area contributed by atoms with Gasteiger partial charge in [-0.2, -0.15) is 0 Å². The molecule has 1 fully saturated rings. The van der Waals surface area contributed by atoms with Crippen molar-refractivity contribution < 1.29 is 24.2 Å². The first-order valence-corrected chi connectivity index (χ1v) is 7.56. The summed E-state index contributed by atoms with van der Waals surface area (Å²) in [6.45, 7) is 1.29. The molecule has 0 bridgehead atoms. The van der Waals surface area contributed by atoms with Gasteiger partial charge in [0.25, 0.3) is 0 Å². The average Bonchev–Trinajstić information content (AvgIpc) is 2.96. The number of ether oxygens (including phenoxy) is 2. The van der Waals surface area contributed by atoms with E-state index in [1.165, 1.54) is 0 Å². The molecule has 23 heavy (non-hydrogen) atoms. The lowest BCUT2D eigenvalue weighted by Gasteiger charge is -2.17. The number of hydrogen-bond donors (Lipinski definition) is 2. The molecule has 1 aliphatic heterocycles. The quantitative estimate of drug-likeness (QED) is 0.666. The SMILES string of the molecule is COc1ccc(N2CC(C(=O)NCCOCCO)CC2=O)cc1. The van der Waals surface area contributed by atoms with E-state index in [2.05, 4.69) is 5.32 Å². The van der Waals surface area contributed by atoms with Crippen molar-refractivity contribution in [2.45, 2.75) is 6.42 Å². The number of carbonyl (C=O) groups excluding carboxylic acids is 2. The van der Waals surface area contributed by atoms with Crippen LogP contribution < -0.4 is 15.0 Å². The van der Waals surface area contributed by atoms with E-state index < -0.39 is 0 Å². The second-order valence-electron chi connectivity index (χ2n) is 5.23. The summed E-state index contributed by atoms with van der Waals surface area (Å²) in [5.74, 6) is 0.147. The third-order valence-electron chi connectivity index (χ3n) is 3.66. The lowest BCUT2D eigenvalue weighted by atomic mass is 10.1. The minimum atomic E-state index is -0.359. The van der Waals surface area contributed by atoms with Gasteiger partial charge in [0.15, 0.2) is 0 Å². The predicted octanol–water partition coefficient (Wildman–Crippen LogP) is 0.173. The number of methoxy groups -OCH3 is 1. The van der Waals surface area contributed by atoms with E-state index in [4.69, 9.17) is 14.6 Å². The summed E-state index contributed by atoms with van der Waals surface area (Å²) in [5.41, 5.74) is 0.761. The lowest BCUT2D eigenvalue weighted by Crippen LogP contribution is -2.35. The zero-order valence-electron chi connectivity index (χ0n) is 13.2. The number of aliphatic hydroxyl groups excluding tert-OH is 1. The summed E-state index contributed by atoms with van der Waals surface area (Å²) in [4.78, 5) is 25.8. The molecule has 0 saturated carbocycles. The maximum Gasteiger partial charge on any atom is 0.227 e. The molecule has 0 spiro atoms. The number of nitrogens with one attached hydrogen (secondary N) is 1. The Labute approximate surface area is 135 Å². The van der Waals surface area contributed by atoms with E-state index in [1.807, 2.05) is 0 Å². The van der Waals surface area contributed by atoms with E-state index in [-0.39, 0.29) is 37.4 Å². The third kappa shape index (κ3) is 4.67. The number of nitrogens with zero attached hydrogens (tertiary/aromatic N) is 1. The first-order valence-electron chi connectivity index (χ1n) is 7.56. The van der Waals surface area contributed by atoms with Crippen molar-refractivity contribution in [2.24, 2.45) is 5.92 Å². The highest BCUT2D eigenvalue weighted by molar-refractivity contribution is 6.00. The van der Waals surface area contributed by atoms with Crippen molar-refractivity contribution in [1.82, 2.24) is 5.32 Å². The number of benzene rings is 1. The van der Waals surface area contributed by atoms with Crippen LogP contribution in [-0.4, -0.2) is 56.9 Å². The summed E-state index contributed by atoms with van der Waals surface area (Å²) in [6, 6.07) is 7.18. The molecule has 1 unspecified atom stereocenters. The van der Waals surface area contributed by atoms with E-state index in [1.54, 1.807) is 36.3 Å². The lowest BCUT2D eigenvalue weighted by molar-refractivity contribution is -0.126. The Balaban J connectivity index is 1.84. The number of carbonyl (C=O) groups is 2. The largest absolute Gasteiger partial charge is 0.497 e. The molecule has 0 aromatic heterocycles. The Bertz CT molecular complexity index is 532. The van der Waals surface area contributed by atoms with Crippen LogP contribution in [0.15, 0.2) is 24.3 Å². The molecule has 2 N–H and O–H groups in total. The summed E-state index contributed by atoms with van der Waals surface area (Å²) >= 11 is 0. The summed E-state index contributed by atoms with van der Waals surface area (Å²) in [6.07, 6.45) is 0.204. The van der Waals surface area contributed by atoms with Gasteiger partial charge in [0.2, 0.25) is 11.8 Å². The highest BCUT2D eigenvalue weighted by atomic mass is 16.5. The number of hydrogen-bond acceptors (Lipinski definition) is 5. The molecule has 126 valence electrons. The fourth-order valence-corrected chi connectivity index (χ4v) is 2.45. The fourth-order valence-electron chi connectivity index (χ4n) is 2.45. The number of anilines is 1. The topological polar surface area (TPSA) is 88.1 Å². The molecule has 2 rings (SSSR count). The zero-order chi connectivity index (χ0) is 16.7. The molecule has 1 aromatic rings. The van der Waals surface area contributed by atoms with Gasteiger partial charge in [-0.25, -0.2) is 0 Å². The second-order valence-corrected chi connectivity index (χ2v) is 5.23. The molecule has 0 aliphatic carbocycles. The first-order chi connectivity index (χ1) is 11.2. The van der Waals surface area contributed by atoms with Crippen LogP contribution in [0, 0.1) is 5.92 Å². The highest BCUT2D eigenvalue weighted by Crippen LogP contribution is 2.26. The van der Waals surface area contributed by atoms with Gasteiger partial charge < -0.3 is 24.8 Å². The van der Waals surface area contributed by atoms with E-state index in [0.29, 0.717) is 19.7 Å². The van der Waals surface area contributed by atoms with Gasteiger partial charge in [0, 0.05) is 25.2 Å². The van der Waals surface area contributed by atoms with Crippen LogP contribution in [0.1, 0.15) is 6.42 Å². The normalized spacial score (nSPS) is 17.4. The number of amides is 2. The van der Waals surface area contributed by atoms with Gasteiger partial charge in [-0.15, -0.1) is 0 Å². The Hall–Kier alpha value is -2.12. The molecule has 2 amide bonds. The van der Waals surface area contributed by atoms with E-state index >= 15 is 0 Å². The summed E-state index contributed by atoms with van der Waals surface area (Å²) < 4.78 is 10.2. The summed E-state index contributed by atoms with van der Waals surface area (Å²) in [7, 11) is 1.58. The van der Waals surface area contributed by atoms with Crippen LogP contribution in [0.25, 0.3) is 0 Å². The monoisotopic (exact) mass is 322 g/mol. The van der Waals surface area contributed by atoms with Crippen LogP contribution >= 0.6 is 0 Å². The zero-order valence-corrected chi connectivity index (χ0v) is 13.2. The Morgan fingerprint density at radius 3 is 2.74 bits per heavy atom. The third-order valence-corrected chi connectivity index (χ3v) is 3.66. The van der Waals surface area contributed by atoms with Crippen molar-refractivity contribution >= 4 is 17.5 Å². The summed E-state index contributed by atoms with van der Waals surface area (Å²) in [5, 5.41) is 11.3. The van der Waals surface area contributed by atoms with Gasteiger partial charge in [0.1, 0.15) is 5.75 Å². The smallest absolute Gasteiger partial charge is 0.227 e. The van der Waals surface area contributed by atoms with Crippen molar-refractivity contribution in [2.75, 3.05) is 44.9 Å². The highest BCUT2D eigenvalue weighted by Gasteiger charge is 2.34. The average molecular weight is 322 g/mol. The minimum Gasteiger partial charge on any atom is -0.497 e. The van der Waals surface area contributed by atoms with E-state index in [0.717, 1.165) is 11.4 Å². The molecule has 7 nitrogen and oxygen atoms in total. The van der Waals surface area contributed by atoms with Crippen molar-refractivity contribution in [1.29, 1.82) is 0 Å². The molecule has 1 aliphatic rings. The van der Waals surface area contributed by atoms with Crippen LogP contribution in [0.2, 0.25) is 0 Å². The molecule has 0 radical (unpaired) electrons. The molecular weight excluding hydrogens is 300 g/mol. The Morgan fingerprint density at radius 1 is 1.35 bits per heavy atom. The van der Waals surface area contributed by atoms with Crippen LogP contribution in [0.3, 0.4) is 0 Å². The van der Waals surface area contributed by atoms with Gasteiger partial charge in [-0.1, -0.05) is 0 Å². The molecule has 1 heterocycles.